The summed E-state index contributed by atoms with van der Waals surface area (Å²) in [6.07, 6.45) is 6.09. The number of benzene rings is 2. The number of hydrogen-bond acceptors (Lipinski definition) is 7. The Morgan fingerprint density at radius 1 is 1.12 bits per heavy atom. The zero-order valence-electron chi connectivity index (χ0n) is 22.2. The zero-order chi connectivity index (χ0) is 28.7. The summed E-state index contributed by atoms with van der Waals surface area (Å²) in [6, 6.07) is 13.6. The third-order valence-corrected chi connectivity index (χ3v) is 9.01. The van der Waals surface area contributed by atoms with Crippen LogP contribution < -0.4 is 0 Å². The van der Waals surface area contributed by atoms with Gasteiger partial charge in [0.25, 0.3) is 0 Å². The highest BCUT2D eigenvalue weighted by Gasteiger charge is 2.51. The Labute approximate surface area is 238 Å². The SMILES string of the molecule is Cc1cc(-c2cccc(S(C)(=O)=O)c2)c(Cl)cc1C1=C(O)C2(CCN(C(=O)CCc3cccnc3)CC2)OC1=O. The van der Waals surface area contributed by atoms with Crippen LogP contribution >= 0.6 is 11.6 Å². The van der Waals surface area contributed by atoms with Crippen molar-refractivity contribution in [1.82, 2.24) is 9.88 Å². The lowest BCUT2D eigenvalue weighted by Gasteiger charge is -2.38. The molecule has 2 aliphatic heterocycles. The van der Waals surface area contributed by atoms with Gasteiger partial charge in [0.05, 0.1) is 4.90 Å². The average Bonchev–Trinajstić information content (AvgIpc) is 3.17. The Morgan fingerprint density at radius 2 is 1.88 bits per heavy atom. The van der Waals surface area contributed by atoms with Crippen LogP contribution in [0.25, 0.3) is 16.7 Å². The predicted molar refractivity (Wildman–Crippen MR) is 151 cm³/mol. The van der Waals surface area contributed by atoms with Gasteiger partial charge in [-0.1, -0.05) is 29.8 Å². The van der Waals surface area contributed by atoms with Crippen LogP contribution in [0.5, 0.6) is 0 Å². The zero-order valence-corrected chi connectivity index (χ0v) is 23.8. The van der Waals surface area contributed by atoms with Crippen LogP contribution in [-0.2, 0) is 30.6 Å². The van der Waals surface area contributed by atoms with Crippen molar-refractivity contribution in [2.45, 2.75) is 43.1 Å². The predicted octanol–water partition coefficient (Wildman–Crippen LogP) is 4.93. The number of esters is 1. The molecule has 10 heteroatoms. The second kappa shape index (κ2) is 10.7. The van der Waals surface area contributed by atoms with E-state index in [1.807, 2.05) is 12.1 Å². The Hall–Kier alpha value is -3.69. The minimum absolute atomic E-state index is 0.00452. The molecule has 1 saturated heterocycles. The lowest BCUT2D eigenvalue weighted by atomic mass is 9.86. The summed E-state index contributed by atoms with van der Waals surface area (Å²) in [4.78, 5) is 31.8. The number of pyridine rings is 1. The first-order valence-electron chi connectivity index (χ1n) is 12.9. The molecule has 0 saturated carbocycles. The van der Waals surface area contributed by atoms with Gasteiger partial charge in [0.15, 0.2) is 21.2 Å². The molecule has 1 aromatic heterocycles. The molecule has 5 rings (SSSR count). The molecule has 0 unspecified atom stereocenters. The van der Waals surface area contributed by atoms with E-state index in [0.717, 1.165) is 11.8 Å². The molecule has 0 bridgehead atoms. The number of aromatic nitrogens is 1. The number of halogens is 1. The summed E-state index contributed by atoms with van der Waals surface area (Å²) in [5.74, 6) is -0.782. The number of likely N-dealkylation sites (tertiary alicyclic amines) is 1. The maximum absolute atomic E-state index is 13.1. The number of piperidine rings is 1. The number of sulfone groups is 1. The number of nitrogens with zero attached hydrogens (tertiary/aromatic N) is 2. The van der Waals surface area contributed by atoms with Crippen molar-refractivity contribution in [3.63, 3.8) is 0 Å². The van der Waals surface area contributed by atoms with Gasteiger partial charge in [-0.05, 0) is 65.9 Å². The van der Waals surface area contributed by atoms with Crippen molar-refractivity contribution >= 4 is 38.9 Å². The van der Waals surface area contributed by atoms with Crippen LogP contribution in [0, 0.1) is 6.92 Å². The van der Waals surface area contributed by atoms with E-state index in [-0.39, 0.29) is 35.0 Å². The minimum Gasteiger partial charge on any atom is -0.507 e. The highest BCUT2D eigenvalue weighted by molar-refractivity contribution is 7.90. The molecule has 1 fully saturated rings. The highest BCUT2D eigenvalue weighted by Crippen LogP contribution is 2.45. The largest absolute Gasteiger partial charge is 0.507 e. The molecular formula is C30H29ClN2O6S. The fourth-order valence-electron chi connectivity index (χ4n) is 5.32. The summed E-state index contributed by atoms with van der Waals surface area (Å²) in [5.41, 5.74) is 2.20. The van der Waals surface area contributed by atoms with E-state index in [0.29, 0.717) is 53.2 Å². The van der Waals surface area contributed by atoms with Gasteiger partial charge in [0.1, 0.15) is 5.57 Å². The van der Waals surface area contributed by atoms with Crippen LogP contribution in [0.3, 0.4) is 0 Å². The van der Waals surface area contributed by atoms with Gasteiger partial charge in [0, 0.05) is 61.6 Å². The third kappa shape index (κ3) is 5.36. The van der Waals surface area contributed by atoms with E-state index in [2.05, 4.69) is 4.98 Å². The van der Waals surface area contributed by atoms with Gasteiger partial charge in [0.2, 0.25) is 5.91 Å². The highest BCUT2D eigenvalue weighted by atomic mass is 35.5. The fourth-order valence-corrected chi connectivity index (χ4v) is 6.26. The van der Waals surface area contributed by atoms with E-state index < -0.39 is 21.4 Å². The Morgan fingerprint density at radius 3 is 2.55 bits per heavy atom. The monoisotopic (exact) mass is 580 g/mol. The van der Waals surface area contributed by atoms with Crippen LogP contribution in [0.2, 0.25) is 5.02 Å². The Kier molecular flexibility index (Phi) is 7.46. The topological polar surface area (TPSA) is 114 Å². The maximum atomic E-state index is 13.1. The first kappa shape index (κ1) is 27.9. The van der Waals surface area contributed by atoms with E-state index in [9.17, 15) is 23.1 Å². The number of aliphatic hydroxyl groups is 1. The molecule has 1 N–H and O–H groups in total. The molecule has 2 aliphatic rings. The lowest BCUT2D eigenvalue weighted by Crippen LogP contribution is -2.48. The number of rotatable bonds is 6. The average molecular weight is 581 g/mol. The molecular weight excluding hydrogens is 552 g/mol. The second-order valence-corrected chi connectivity index (χ2v) is 12.7. The molecule has 1 spiro atoms. The Balaban J connectivity index is 1.36. The van der Waals surface area contributed by atoms with E-state index in [4.69, 9.17) is 16.3 Å². The van der Waals surface area contributed by atoms with Gasteiger partial charge in [-0.3, -0.25) is 9.78 Å². The van der Waals surface area contributed by atoms with E-state index in [1.165, 1.54) is 6.07 Å². The van der Waals surface area contributed by atoms with Gasteiger partial charge < -0.3 is 14.7 Å². The number of aryl methyl sites for hydroxylation is 2. The Bertz CT molecular complexity index is 1630. The molecule has 3 aromatic rings. The molecule has 40 heavy (non-hydrogen) atoms. The maximum Gasteiger partial charge on any atom is 0.343 e. The van der Waals surface area contributed by atoms with Crippen LogP contribution in [-0.4, -0.2) is 60.2 Å². The molecule has 2 aromatic carbocycles. The number of hydrogen-bond donors (Lipinski definition) is 1. The van der Waals surface area contributed by atoms with Crippen LogP contribution in [0.4, 0.5) is 0 Å². The molecule has 0 radical (unpaired) electrons. The fraction of sp³-hybridized carbons (Fsp3) is 0.300. The molecule has 8 nitrogen and oxygen atoms in total. The molecule has 3 heterocycles. The van der Waals surface area contributed by atoms with Crippen molar-refractivity contribution in [2.75, 3.05) is 19.3 Å². The summed E-state index contributed by atoms with van der Waals surface area (Å²) >= 11 is 6.63. The standard InChI is InChI=1S/C30H29ClN2O6S/c1-19-15-24(21-6-3-7-22(16-21)40(2,37)38)25(31)17-23(19)27-28(35)30(39-29(27)36)10-13-33(14-11-30)26(34)9-8-20-5-4-12-32-18-20/h3-7,12,15-18,35H,8-11,13-14H2,1-2H3. The van der Waals surface area contributed by atoms with Gasteiger partial charge in [-0.2, -0.15) is 0 Å². The second-order valence-electron chi connectivity index (χ2n) is 10.3. The summed E-state index contributed by atoms with van der Waals surface area (Å²) in [6.45, 7) is 2.50. The molecule has 208 valence electrons. The number of amides is 1. The van der Waals surface area contributed by atoms with E-state index in [1.54, 1.807) is 54.5 Å². The van der Waals surface area contributed by atoms with Crippen LogP contribution in [0.1, 0.15) is 36.0 Å². The normalized spacial score (nSPS) is 16.9. The third-order valence-electron chi connectivity index (χ3n) is 7.59. The van der Waals surface area contributed by atoms with Crippen molar-refractivity contribution in [2.24, 2.45) is 0 Å². The summed E-state index contributed by atoms with van der Waals surface area (Å²) in [7, 11) is -3.41. The van der Waals surface area contributed by atoms with Crippen LogP contribution in [0.15, 0.2) is 71.6 Å². The summed E-state index contributed by atoms with van der Waals surface area (Å²) in [5, 5.41) is 11.6. The molecule has 1 amide bonds. The van der Waals surface area contributed by atoms with Crippen molar-refractivity contribution in [3.05, 3.63) is 88.4 Å². The van der Waals surface area contributed by atoms with Gasteiger partial charge in [-0.25, -0.2) is 13.2 Å². The number of carbonyl (C=O) groups excluding carboxylic acids is 2. The van der Waals surface area contributed by atoms with Gasteiger partial charge in [-0.15, -0.1) is 0 Å². The van der Waals surface area contributed by atoms with Crippen molar-refractivity contribution in [1.29, 1.82) is 0 Å². The molecule has 0 aliphatic carbocycles. The number of ether oxygens (including phenoxy) is 1. The lowest BCUT2D eigenvalue weighted by molar-refractivity contribution is -0.152. The number of carbonyl (C=O) groups is 2. The number of aliphatic hydroxyl groups excluding tert-OH is 1. The van der Waals surface area contributed by atoms with Crippen molar-refractivity contribution in [3.8, 4) is 11.1 Å². The van der Waals surface area contributed by atoms with Gasteiger partial charge >= 0.3 is 5.97 Å². The smallest absolute Gasteiger partial charge is 0.343 e. The molecule has 0 atom stereocenters. The first-order chi connectivity index (χ1) is 19.0. The summed E-state index contributed by atoms with van der Waals surface area (Å²) < 4.78 is 29.8. The quantitative estimate of drug-likeness (QED) is 0.411. The minimum atomic E-state index is -3.41. The first-order valence-corrected chi connectivity index (χ1v) is 15.2. The van der Waals surface area contributed by atoms with Crippen molar-refractivity contribution < 1.29 is 27.9 Å². The van der Waals surface area contributed by atoms with E-state index >= 15 is 0 Å².